The summed E-state index contributed by atoms with van der Waals surface area (Å²) in [7, 11) is 0. The van der Waals surface area contributed by atoms with E-state index in [9.17, 15) is 0 Å². The Balaban J connectivity index is 2.02. The smallest absolute Gasteiger partial charge is 0.197 e. The fraction of sp³-hybridized carbons (Fsp3) is 0.0588. The summed E-state index contributed by atoms with van der Waals surface area (Å²) in [5.74, 6) is 0. The molecular formula is C17H14N2S. The van der Waals surface area contributed by atoms with Crippen molar-refractivity contribution in [2.45, 2.75) is 6.92 Å². The third kappa shape index (κ3) is 2.53. The SMILES string of the molecule is Cc1cnc(=S)[nH]c1-c1ccc(-c2ccccc2)cc1. The Hall–Kier alpha value is -2.26. The number of H-pyrrole nitrogens is 1. The molecule has 0 atom stereocenters. The molecule has 3 rings (SSSR count). The van der Waals surface area contributed by atoms with Crippen LogP contribution >= 0.6 is 12.2 Å². The number of hydrogen-bond acceptors (Lipinski definition) is 2. The van der Waals surface area contributed by atoms with Crippen LogP contribution in [0.25, 0.3) is 22.4 Å². The predicted octanol–water partition coefficient (Wildman–Crippen LogP) is 4.78. The summed E-state index contributed by atoms with van der Waals surface area (Å²) in [5, 5.41) is 0. The molecule has 0 aliphatic heterocycles. The molecule has 0 aliphatic rings. The van der Waals surface area contributed by atoms with E-state index < -0.39 is 0 Å². The zero-order chi connectivity index (χ0) is 13.9. The molecule has 2 nitrogen and oxygen atoms in total. The maximum absolute atomic E-state index is 5.09. The first-order chi connectivity index (χ1) is 9.74. The third-order valence-electron chi connectivity index (χ3n) is 3.28. The Bertz CT molecular complexity index is 774. The molecule has 0 saturated heterocycles. The lowest BCUT2D eigenvalue weighted by molar-refractivity contribution is 1.11. The minimum Gasteiger partial charge on any atom is -0.330 e. The normalized spacial score (nSPS) is 10.4. The lowest BCUT2D eigenvalue weighted by atomic mass is 10.0. The van der Waals surface area contributed by atoms with Gasteiger partial charge >= 0.3 is 0 Å². The van der Waals surface area contributed by atoms with Crippen molar-refractivity contribution in [3.8, 4) is 22.4 Å². The highest BCUT2D eigenvalue weighted by Crippen LogP contribution is 2.25. The molecule has 1 N–H and O–H groups in total. The van der Waals surface area contributed by atoms with Crippen molar-refractivity contribution in [1.29, 1.82) is 0 Å². The summed E-state index contributed by atoms with van der Waals surface area (Å²) in [6.07, 6.45) is 1.80. The molecule has 20 heavy (non-hydrogen) atoms. The molecule has 1 heterocycles. The lowest BCUT2D eigenvalue weighted by Crippen LogP contribution is -1.91. The maximum Gasteiger partial charge on any atom is 0.197 e. The minimum absolute atomic E-state index is 0.512. The second-order valence-electron chi connectivity index (χ2n) is 4.69. The molecule has 2 aromatic carbocycles. The van der Waals surface area contributed by atoms with Gasteiger partial charge in [0.2, 0.25) is 0 Å². The molecule has 0 bridgehead atoms. The number of rotatable bonds is 2. The van der Waals surface area contributed by atoms with Crippen LogP contribution in [0.5, 0.6) is 0 Å². The zero-order valence-electron chi connectivity index (χ0n) is 11.1. The monoisotopic (exact) mass is 278 g/mol. The number of hydrogen-bond donors (Lipinski definition) is 1. The van der Waals surface area contributed by atoms with Crippen molar-refractivity contribution in [3.05, 3.63) is 71.1 Å². The summed E-state index contributed by atoms with van der Waals surface area (Å²) in [6, 6.07) is 18.8. The quantitative estimate of drug-likeness (QED) is 0.683. The third-order valence-corrected chi connectivity index (χ3v) is 3.49. The summed E-state index contributed by atoms with van der Waals surface area (Å²) < 4.78 is 0.512. The summed E-state index contributed by atoms with van der Waals surface area (Å²) in [5.41, 5.74) is 5.67. The van der Waals surface area contributed by atoms with Crippen LogP contribution in [0.3, 0.4) is 0 Å². The van der Waals surface area contributed by atoms with Gasteiger partial charge in [-0.15, -0.1) is 0 Å². The van der Waals surface area contributed by atoms with Crippen LogP contribution in [0, 0.1) is 11.7 Å². The van der Waals surface area contributed by atoms with Crippen molar-refractivity contribution >= 4 is 12.2 Å². The zero-order valence-corrected chi connectivity index (χ0v) is 11.9. The molecule has 0 saturated carbocycles. The first-order valence-corrected chi connectivity index (χ1v) is 6.86. The molecule has 0 spiro atoms. The van der Waals surface area contributed by atoms with Crippen LogP contribution in [-0.2, 0) is 0 Å². The molecule has 3 aromatic rings. The van der Waals surface area contributed by atoms with Gasteiger partial charge in [0, 0.05) is 6.20 Å². The van der Waals surface area contributed by atoms with Gasteiger partial charge in [0.05, 0.1) is 5.69 Å². The standard InChI is InChI=1S/C17H14N2S/c1-12-11-18-17(20)19-16(12)15-9-7-14(8-10-15)13-5-3-2-4-6-13/h2-11H,1H3,(H,18,19,20). The van der Waals surface area contributed by atoms with E-state index in [0.717, 1.165) is 16.8 Å². The molecule has 0 aliphatic carbocycles. The van der Waals surface area contributed by atoms with E-state index in [-0.39, 0.29) is 0 Å². The second-order valence-corrected chi connectivity index (χ2v) is 5.08. The predicted molar refractivity (Wildman–Crippen MR) is 85.0 cm³/mol. The minimum atomic E-state index is 0.512. The molecule has 98 valence electrons. The summed E-state index contributed by atoms with van der Waals surface area (Å²) in [6.45, 7) is 2.03. The first kappa shape index (κ1) is 12.8. The van der Waals surface area contributed by atoms with Gasteiger partial charge in [-0.1, -0.05) is 54.6 Å². The highest BCUT2D eigenvalue weighted by molar-refractivity contribution is 7.71. The van der Waals surface area contributed by atoms with Gasteiger partial charge < -0.3 is 4.98 Å². The van der Waals surface area contributed by atoms with Crippen LogP contribution in [0.2, 0.25) is 0 Å². The second kappa shape index (κ2) is 5.39. The van der Waals surface area contributed by atoms with Crippen LogP contribution in [0.1, 0.15) is 5.56 Å². The van der Waals surface area contributed by atoms with Gasteiger partial charge in [-0.3, -0.25) is 0 Å². The highest BCUT2D eigenvalue weighted by atomic mass is 32.1. The average molecular weight is 278 g/mol. The maximum atomic E-state index is 5.09. The van der Waals surface area contributed by atoms with Gasteiger partial charge in [0.25, 0.3) is 0 Å². The topological polar surface area (TPSA) is 28.7 Å². The largest absolute Gasteiger partial charge is 0.330 e. The van der Waals surface area contributed by atoms with Gasteiger partial charge in [-0.2, -0.15) is 0 Å². The number of benzene rings is 2. The van der Waals surface area contributed by atoms with Crippen molar-refractivity contribution in [1.82, 2.24) is 9.97 Å². The van der Waals surface area contributed by atoms with Crippen LogP contribution in [0.15, 0.2) is 60.8 Å². The van der Waals surface area contributed by atoms with E-state index in [1.54, 1.807) is 6.20 Å². The summed E-state index contributed by atoms with van der Waals surface area (Å²) in [4.78, 5) is 7.24. The Labute approximate surface area is 123 Å². The molecule has 3 heteroatoms. The van der Waals surface area contributed by atoms with Gasteiger partial charge in [0.1, 0.15) is 0 Å². The first-order valence-electron chi connectivity index (χ1n) is 6.46. The van der Waals surface area contributed by atoms with E-state index in [1.807, 2.05) is 25.1 Å². The Kier molecular flexibility index (Phi) is 3.44. The Morgan fingerprint density at radius 2 is 1.45 bits per heavy atom. The number of aryl methyl sites for hydroxylation is 1. The molecule has 0 amide bonds. The van der Waals surface area contributed by atoms with Gasteiger partial charge in [-0.25, -0.2) is 4.98 Å². The summed E-state index contributed by atoms with van der Waals surface area (Å²) >= 11 is 5.09. The van der Waals surface area contributed by atoms with Gasteiger partial charge in [-0.05, 0) is 41.4 Å². The van der Waals surface area contributed by atoms with Crippen LogP contribution in [0.4, 0.5) is 0 Å². The molecular weight excluding hydrogens is 264 g/mol. The number of nitrogens with zero attached hydrogens (tertiary/aromatic N) is 1. The number of nitrogens with one attached hydrogen (secondary N) is 1. The number of aromatic nitrogens is 2. The van der Waals surface area contributed by atoms with E-state index in [0.29, 0.717) is 4.77 Å². The van der Waals surface area contributed by atoms with Crippen molar-refractivity contribution < 1.29 is 0 Å². The fourth-order valence-corrected chi connectivity index (χ4v) is 2.37. The highest BCUT2D eigenvalue weighted by Gasteiger charge is 2.03. The average Bonchev–Trinajstić information content (AvgIpc) is 2.51. The van der Waals surface area contributed by atoms with Crippen molar-refractivity contribution in [2.24, 2.45) is 0 Å². The van der Waals surface area contributed by atoms with Gasteiger partial charge in [0.15, 0.2) is 4.77 Å². The molecule has 0 radical (unpaired) electrons. The molecule has 0 unspecified atom stereocenters. The fourth-order valence-electron chi connectivity index (χ4n) is 2.22. The molecule has 1 aromatic heterocycles. The van der Waals surface area contributed by atoms with Crippen LogP contribution in [-0.4, -0.2) is 9.97 Å². The van der Waals surface area contributed by atoms with Crippen molar-refractivity contribution in [3.63, 3.8) is 0 Å². The van der Waals surface area contributed by atoms with Crippen molar-refractivity contribution in [2.75, 3.05) is 0 Å². The van der Waals surface area contributed by atoms with E-state index in [2.05, 4.69) is 46.4 Å². The Morgan fingerprint density at radius 1 is 0.850 bits per heavy atom. The molecule has 0 fully saturated rings. The lowest BCUT2D eigenvalue weighted by Gasteiger charge is -2.07. The van der Waals surface area contributed by atoms with Crippen LogP contribution < -0.4 is 0 Å². The number of aromatic amines is 1. The van der Waals surface area contributed by atoms with E-state index in [1.165, 1.54) is 11.1 Å². The Morgan fingerprint density at radius 3 is 2.15 bits per heavy atom. The van der Waals surface area contributed by atoms with E-state index in [4.69, 9.17) is 12.2 Å². The van der Waals surface area contributed by atoms with E-state index >= 15 is 0 Å².